The van der Waals surface area contributed by atoms with Crippen LogP contribution in [0.4, 0.5) is 0 Å². The minimum absolute atomic E-state index is 0.707. The van der Waals surface area contributed by atoms with Crippen LogP contribution in [-0.2, 0) is 6.42 Å². The Morgan fingerprint density at radius 1 is 0.864 bits per heavy atom. The summed E-state index contributed by atoms with van der Waals surface area (Å²) in [5, 5.41) is 0. The van der Waals surface area contributed by atoms with E-state index in [-0.39, 0.29) is 0 Å². The van der Waals surface area contributed by atoms with Crippen LogP contribution in [0.3, 0.4) is 0 Å². The summed E-state index contributed by atoms with van der Waals surface area (Å²) in [5.74, 6) is 1.79. The predicted octanol–water partition coefficient (Wildman–Crippen LogP) is 5.33. The molecule has 0 bridgehead atoms. The van der Waals surface area contributed by atoms with E-state index in [2.05, 4.69) is 72.3 Å². The zero-order valence-electron chi connectivity index (χ0n) is 13.2. The first-order chi connectivity index (χ1) is 10.7. The highest BCUT2D eigenvalue weighted by Crippen LogP contribution is 2.24. The number of aryl methyl sites for hydroxylation is 1. The molecule has 1 N–H and O–H groups in total. The van der Waals surface area contributed by atoms with Crippen LogP contribution in [0.2, 0.25) is 0 Å². The van der Waals surface area contributed by atoms with Gasteiger partial charge in [0.15, 0.2) is 0 Å². The lowest BCUT2D eigenvalue weighted by Crippen LogP contribution is -1.93. The van der Waals surface area contributed by atoms with Gasteiger partial charge in [-0.05, 0) is 29.0 Å². The van der Waals surface area contributed by atoms with Crippen LogP contribution in [0.5, 0.6) is 0 Å². The molecule has 2 heteroatoms. The Bertz CT molecular complexity index is 709. The second-order valence-corrected chi connectivity index (χ2v) is 6.12. The summed E-state index contributed by atoms with van der Waals surface area (Å²) in [7, 11) is 0. The van der Waals surface area contributed by atoms with Gasteiger partial charge in [-0.2, -0.15) is 0 Å². The Morgan fingerprint density at radius 3 is 2.18 bits per heavy atom. The maximum Gasteiger partial charge on any atom is 0.106 e. The maximum atomic E-state index is 4.49. The van der Waals surface area contributed by atoms with E-state index in [9.17, 15) is 0 Å². The van der Waals surface area contributed by atoms with E-state index in [4.69, 9.17) is 0 Å². The van der Waals surface area contributed by atoms with Gasteiger partial charge in [-0.3, -0.25) is 0 Å². The molecular formula is C20H22N2. The molecule has 0 atom stereocenters. The van der Waals surface area contributed by atoms with Crippen molar-refractivity contribution in [3.63, 3.8) is 0 Å². The van der Waals surface area contributed by atoms with Crippen LogP contribution in [0.1, 0.15) is 26.1 Å². The Balaban J connectivity index is 1.76. The van der Waals surface area contributed by atoms with Gasteiger partial charge in [-0.25, -0.2) is 4.98 Å². The van der Waals surface area contributed by atoms with Crippen LogP contribution < -0.4 is 0 Å². The number of imidazole rings is 1. The second kappa shape index (κ2) is 6.61. The van der Waals surface area contributed by atoms with E-state index in [1.807, 2.05) is 12.3 Å². The Labute approximate surface area is 132 Å². The highest BCUT2D eigenvalue weighted by atomic mass is 14.9. The van der Waals surface area contributed by atoms with Gasteiger partial charge in [0.2, 0.25) is 0 Å². The van der Waals surface area contributed by atoms with Gasteiger partial charge >= 0.3 is 0 Å². The fraction of sp³-hybridized carbons (Fsp3) is 0.250. The van der Waals surface area contributed by atoms with Gasteiger partial charge < -0.3 is 4.98 Å². The normalized spacial score (nSPS) is 11.0. The Morgan fingerprint density at radius 2 is 1.50 bits per heavy atom. The van der Waals surface area contributed by atoms with E-state index in [0.717, 1.165) is 17.9 Å². The van der Waals surface area contributed by atoms with Gasteiger partial charge in [0.05, 0.1) is 11.9 Å². The van der Waals surface area contributed by atoms with Gasteiger partial charge in [0.1, 0.15) is 5.82 Å². The maximum absolute atomic E-state index is 4.49. The molecule has 112 valence electrons. The second-order valence-electron chi connectivity index (χ2n) is 6.12. The summed E-state index contributed by atoms with van der Waals surface area (Å²) in [6.45, 7) is 4.48. The molecule has 0 aliphatic rings. The third-order valence-corrected chi connectivity index (χ3v) is 3.89. The van der Waals surface area contributed by atoms with Crippen molar-refractivity contribution < 1.29 is 0 Å². The lowest BCUT2D eigenvalue weighted by atomic mass is 10.0. The average molecular weight is 290 g/mol. The first kappa shape index (κ1) is 14.6. The number of nitrogens with zero attached hydrogens (tertiary/aromatic N) is 1. The summed E-state index contributed by atoms with van der Waals surface area (Å²) in [4.78, 5) is 7.92. The van der Waals surface area contributed by atoms with Crippen LogP contribution in [0.15, 0.2) is 60.8 Å². The molecule has 2 nitrogen and oxygen atoms in total. The van der Waals surface area contributed by atoms with E-state index in [1.165, 1.54) is 23.1 Å². The standard InChI is InChI=1S/C20H22N2/c1-15(2)8-13-20-21-14-19(22-20)18-11-9-17(10-12-18)16-6-4-3-5-7-16/h3-7,9-12,14-15H,8,13H2,1-2H3,(H,21,22). The highest BCUT2D eigenvalue weighted by molar-refractivity contribution is 5.68. The minimum atomic E-state index is 0.707. The largest absolute Gasteiger partial charge is 0.342 e. The quantitative estimate of drug-likeness (QED) is 0.675. The molecule has 0 aliphatic carbocycles. The van der Waals surface area contributed by atoms with E-state index in [0.29, 0.717) is 5.92 Å². The predicted molar refractivity (Wildman–Crippen MR) is 92.6 cm³/mol. The fourth-order valence-corrected chi connectivity index (χ4v) is 2.53. The molecule has 1 heterocycles. The lowest BCUT2D eigenvalue weighted by Gasteiger charge is -2.03. The minimum Gasteiger partial charge on any atom is -0.342 e. The van der Waals surface area contributed by atoms with Crippen molar-refractivity contribution >= 4 is 0 Å². The lowest BCUT2D eigenvalue weighted by molar-refractivity contribution is 0.577. The summed E-state index contributed by atoms with van der Waals surface area (Å²) >= 11 is 0. The Hall–Kier alpha value is -2.35. The summed E-state index contributed by atoms with van der Waals surface area (Å²) in [6.07, 6.45) is 4.12. The molecule has 0 aliphatic heterocycles. The van der Waals surface area contributed by atoms with Crippen LogP contribution in [-0.4, -0.2) is 9.97 Å². The zero-order chi connectivity index (χ0) is 15.4. The van der Waals surface area contributed by atoms with Crippen LogP contribution in [0, 0.1) is 5.92 Å². The highest BCUT2D eigenvalue weighted by Gasteiger charge is 2.05. The van der Waals surface area contributed by atoms with Crippen molar-refractivity contribution in [2.75, 3.05) is 0 Å². The molecule has 22 heavy (non-hydrogen) atoms. The summed E-state index contributed by atoms with van der Waals surface area (Å²) < 4.78 is 0. The number of hydrogen-bond acceptors (Lipinski definition) is 1. The third kappa shape index (κ3) is 3.45. The molecule has 0 fully saturated rings. The molecule has 0 spiro atoms. The zero-order valence-corrected chi connectivity index (χ0v) is 13.2. The van der Waals surface area contributed by atoms with Gasteiger partial charge in [0.25, 0.3) is 0 Å². The number of H-pyrrole nitrogens is 1. The number of aromatic amines is 1. The molecule has 3 aromatic rings. The monoisotopic (exact) mass is 290 g/mol. The van der Waals surface area contributed by atoms with Crippen molar-refractivity contribution in [3.05, 3.63) is 66.6 Å². The fourth-order valence-electron chi connectivity index (χ4n) is 2.53. The molecule has 3 rings (SSSR count). The smallest absolute Gasteiger partial charge is 0.106 e. The van der Waals surface area contributed by atoms with Crippen LogP contribution >= 0.6 is 0 Å². The van der Waals surface area contributed by atoms with Crippen molar-refractivity contribution in [1.29, 1.82) is 0 Å². The van der Waals surface area contributed by atoms with E-state index in [1.54, 1.807) is 0 Å². The van der Waals surface area contributed by atoms with E-state index >= 15 is 0 Å². The van der Waals surface area contributed by atoms with Gasteiger partial charge in [0, 0.05) is 6.42 Å². The first-order valence-corrected chi connectivity index (χ1v) is 7.92. The molecular weight excluding hydrogens is 268 g/mol. The van der Waals surface area contributed by atoms with Gasteiger partial charge in [-0.15, -0.1) is 0 Å². The average Bonchev–Trinajstić information content (AvgIpc) is 3.03. The third-order valence-electron chi connectivity index (χ3n) is 3.89. The molecule has 0 radical (unpaired) electrons. The van der Waals surface area contributed by atoms with Gasteiger partial charge in [-0.1, -0.05) is 68.4 Å². The van der Waals surface area contributed by atoms with E-state index < -0.39 is 0 Å². The van der Waals surface area contributed by atoms with Crippen molar-refractivity contribution in [2.24, 2.45) is 5.92 Å². The van der Waals surface area contributed by atoms with Crippen molar-refractivity contribution in [1.82, 2.24) is 9.97 Å². The Kier molecular flexibility index (Phi) is 4.38. The number of hydrogen-bond donors (Lipinski definition) is 1. The number of aromatic nitrogens is 2. The van der Waals surface area contributed by atoms with Crippen LogP contribution in [0.25, 0.3) is 22.4 Å². The molecule has 0 saturated heterocycles. The molecule has 0 amide bonds. The molecule has 0 saturated carbocycles. The molecule has 2 aromatic carbocycles. The SMILES string of the molecule is CC(C)CCc1ncc(-c2ccc(-c3ccccc3)cc2)[nH]1. The first-order valence-electron chi connectivity index (χ1n) is 7.92. The number of benzene rings is 2. The summed E-state index contributed by atoms with van der Waals surface area (Å²) in [6, 6.07) is 19.1. The molecule has 1 aromatic heterocycles. The number of rotatable bonds is 5. The molecule has 0 unspecified atom stereocenters. The van der Waals surface area contributed by atoms with Crippen molar-refractivity contribution in [3.8, 4) is 22.4 Å². The summed E-state index contributed by atoms with van der Waals surface area (Å²) in [5.41, 5.74) is 4.77. The van der Waals surface area contributed by atoms with Crippen molar-refractivity contribution in [2.45, 2.75) is 26.7 Å². The number of nitrogens with one attached hydrogen (secondary N) is 1. The topological polar surface area (TPSA) is 28.7 Å².